The van der Waals surface area contributed by atoms with Gasteiger partial charge < -0.3 is 5.32 Å². The van der Waals surface area contributed by atoms with Crippen molar-refractivity contribution in [2.75, 3.05) is 25.4 Å². The van der Waals surface area contributed by atoms with E-state index in [2.05, 4.69) is 20.5 Å². The maximum atomic E-state index is 12.4. The van der Waals surface area contributed by atoms with E-state index in [1.807, 2.05) is 0 Å². The predicted octanol–water partition coefficient (Wildman–Crippen LogP) is 0.627. The van der Waals surface area contributed by atoms with Gasteiger partial charge in [0.1, 0.15) is 6.33 Å². The highest BCUT2D eigenvalue weighted by Gasteiger charge is 2.25. The van der Waals surface area contributed by atoms with Gasteiger partial charge in [0, 0.05) is 25.2 Å². The van der Waals surface area contributed by atoms with Crippen LogP contribution in [0.4, 0.5) is 0 Å². The summed E-state index contributed by atoms with van der Waals surface area (Å²) in [4.78, 5) is 16.4. The number of amides is 1. The summed E-state index contributed by atoms with van der Waals surface area (Å²) in [6.45, 7) is 1.22. The maximum Gasteiger partial charge on any atom is 0.252 e. The van der Waals surface area contributed by atoms with Crippen LogP contribution in [0, 0.1) is 0 Å². The predicted molar refractivity (Wildman–Crippen MR) is 88.7 cm³/mol. The number of carbonyl (C=O) groups excluding carboxylic acids is 1. The quantitative estimate of drug-likeness (QED) is 0.795. The SMILES string of the molecule is O=C(NCCS(=O)(=O)N1CCCC1)c1ccccc1-c1ncn[nH]1. The lowest BCUT2D eigenvalue weighted by atomic mass is 10.1. The molecule has 0 atom stereocenters. The highest BCUT2D eigenvalue weighted by molar-refractivity contribution is 7.89. The van der Waals surface area contributed by atoms with Gasteiger partial charge in [0.2, 0.25) is 10.0 Å². The molecule has 8 nitrogen and oxygen atoms in total. The molecule has 0 radical (unpaired) electrons. The molecule has 9 heteroatoms. The van der Waals surface area contributed by atoms with E-state index < -0.39 is 10.0 Å². The minimum Gasteiger partial charge on any atom is -0.351 e. The van der Waals surface area contributed by atoms with Gasteiger partial charge >= 0.3 is 0 Å². The van der Waals surface area contributed by atoms with E-state index in [0.717, 1.165) is 12.8 Å². The number of rotatable bonds is 6. The topological polar surface area (TPSA) is 108 Å². The van der Waals surface area contributed by atoms with Crippen LogP contribution in [-0.2, 0) is 10.0 Å². The van der Waals surface area contributed by atoms with Crippen molar-refractivity contribution in [1.82, 2.24) is 24.8 Å². The van der Waals surface area contributed by atoms with E-state index >= 15 is 0 Å². The fourth-order valence-electron chi connectivity index (χ4n) is 2.71. The Morgan fingerprint density at radius 2 is 2.00 bits per heavy atom. The third kappa shape index (κ3) is 3.62. The largest absolute Gasteiger partial charge is 0.351 e. The number of carbonyl (C=O) groups is 1. The van der Waals surface area contributed by atoms with Crippen molar-refractivity contribution in [1.29, 1.82) is 0 Å². The van der Waals surface area contributed by atoms with E-state index in [9.17, 15) is 13.2 Å². The standard InChI is InChI=1S/C15H19N5O3S/c21-15(16-7-10-24(22,23)20-8-3-4-9-20)13-6-2-1-5-12(13)14-17-11-18-19-14/h1-2,5-6,11H,3-4,7-10H2,(H,16,21)(H,17,18,19). The van der Waals surface area contributed by atoms with Crippen LogP contribution in [0.3, 0.4) is 0 Å². The summed E-state index contributed by atoms with van der Waals surface area (Å²) in [5.41, 5.74) is 1.04. The summed E-state index contributed by atoms with van der Waals surface area (Å²) < 4.78 is 25.8. The van der Waals surface area contributed by atoms with E-state index in [1.54, 1.807) is 24.3 Å². The molecule has 1 aromatic heterocycles. The average molecular weight is 349 g/mol. The number of H-pyrrole nitrogens is 1. The number of benzene rings is 1. The van der Waals surface area contributed by atoms with Crippen molar-refractivity contribution < 1.29 is 13.2 Å². The van der Waals surface area contributed by atoms with Crippen LogP contribution in [0.5, 0.6) is 0 Å². The number of nitrogens with zero attached hydrogens (tertiary/aromatic N) is 3. The third-order valence-corrected chi connectivity index (χ3v) is 5.82. The van der Waals surface area contributed by atoms with Crippen molar-refractivity contribution >= 4 is 15.9 Å². The van der Waals surface area contributed by atoms with Crippen molar-refractivity contribution in [2.24, 2.45) is 0 Å². The molecule has 2 aromatic rings. The second kappa shape index (κ2) is 7.10. The van der Waals surface area contributed by atoms with Gasteiger partial charge in [-0.2, -0.15) is 5.10 Å². The Balaban J connectivity index is 1.64. The highest BCUT2D eigenvalue weighted by Crippen LogP contribution is 2.19. The fourth-order valence-corrected chi connectivity index (χ4v) is 4.14. The number of aromatic nitrogens is 3. The lowest BCUT2D eigenvalue weighted by Crippen LogP contribution is -2.36. The van der Waals surface area contributed by atoms with E-state index in [-0.39, 0.29) is 18.2 Å². The van der Waals surface area contributed by atoms with Gasteiger partial charge in [-0.15, -0.1) is 0 Å². The van der Waals surface area contributed by atoms with Crippen LogP contribution < -0.4 is 5.32 Å². The van der Waals surface area contributed by atoms with Crippen molar-refractivity contribution in [2.45, 2.75) is 12.8 Å². The molecule has 0 aliphatic carbocycles. The molecule has 128 valence electrons. The number of aromatic amines is 1. The first-order valence-corrected chi connectivity index (χ1v) is 9.39. The number of hydrogen-bond donors (Lipinski definition) is 2. The molecule has 0 bridgehead atoms. The van der Waals surface area contributed by atoms with Crippen LogP contribution in [0.25, 0.3) is 11.4 Å². The number of sulfonamides is 1. The van der Waals surface area contributed by atoms with Crippen LogP contribution in [0.2, 0.25) is 0 Å². The van der Waals surface area contributed by atoms with Gasteiger partial charge in [0.15, 0.2) is 5.82 Å². The molecule has 0 unspecified atom stereocenters. The Kier molecular flexibility index (Phi) is 4.91. The first kappa shape index (κ1) is 16.6. The molecular formula is C15H19N5O3S. The molecule has 1 saturated heterocycles. The molecule has 1 aliphatic heterocycles. The van der Waals surface area contributed by atoms with E-state index in [1.165, 1.54) is 10.6 Å². The molecule has 3 rings (SSSR count). The second-order valence-electron chi connectivity index (χ2n) is 5.56. The van der Waals surface area contributed by atoms with Crippen LogP contribution >= 0.6 is 0 Å². The fraction of sp³-hybridized carbons (Fsp3) is 0.400. The van der Waals surface area contributed by atoms with Gasteiger partial charge in [-0.3, -0.25) is 9.89 Å². The van der Waals surface area contributed by atoms with Crippen LogP contribution in [-0.4, -0.2) is 59.2 Å². The molecule has 0 spiro atoms. The Bertz CT molecular complexity index is 798. The zero-order valence-corrected chi connectivity index (χ0v) is 13.9. The van der Waals surface area contributed by atoms with Gasteiger partial charge in [-0.1, -0.05) is 18.2 Å². The lowest BCUT2D eigenvalue weighted by molar-refractivity contribution is 0.0956. The average Bonchev–Trinajstić information content (AvgIpc) is 3.28. The Labute approximate surface area is 140 Å². The first-order valence-electron chi connectivity index (χ1n) is 7.79. The third-order valence-electron chi connectivity index (χ3n) is 3.95. The maximum absolute atomic E-state index is 12.4. The Hall–Kier alpha value is -2.26. The summed E-state index contributed by atoms with van der Waals surface area (Å²) >= 11 is 0. The minimum atomic E-state index is -3.30. The summed E-state index contributed by atoms with van der Waals surface area (Å²) in [6, 6.07) is 6.97. The Morgan fingerprint density at radius 3 is 2.71 bits per heavy atom. The summed E-state index contributed by atoms with van der Waals surface area (Å²) in [7, 11) is -3.30. The summed E-state index contributed by atoms with van der Waals surface area (Å²) in [5, 5.41) is 9.18. The molecule has 24 heavy (non-hydrogen) atoms. The van der Waals surface area contributed by atoms with Gasteiger partial charge in [-0.05, 0) is 18.9 Å². The van der Waals surface area contributed by atoms with Crippen molar-refractivity contribution in [3.63, 3.8) is 0 Å². The molecule has 2 heterocycles. The molecule has 1 fully saturated rings. The summed E-state index contributed by atoms with van der Waals surface area (Å²) in [5.74, 6) is 0.0625. The zero-order chi connectivity index (χ0) is 17.0. The van der Waals surface area contributed by atoms with Gasteiger partial charge in [0.25, 0.3) is 5.91 Å². The lowest BCUT2D eigenvalue weighted by Gasteiger charge is -2.15. The number of hydrogen-bond acceptors (Lipinski definition) is 5. The van der Waals surface area contributed by atoms with Crippen molar-refractivity contribution in [3.05, 3.63) is 36.2 Å². The highest BCUT2D eigenvalue weighted by atomic mass is 32.2. The number of nitrogens with one attached hydrogen (secondary N) is 2. The molecule has 0 saturated carbocycles. The normalized spacial score (nSPS) is 15.5. The molecule has 1 aliphatic rings. The van der Waals surface area contributed by atoms with Gasteiger partial charge in [-0.25, -0.2) is 17.7 Å². The monoisotopic (exact) mass is 349 g/mol. The van der Waals surface area contributed by atoms with Crippen molar-refractivity contribution in [3.8, 4) is 11.4 Å². The molecule has 1 amide bonds. The molecule has 1 aromatic carbocycles. The van der Waals surface area contributed by atoms with Gasteiger partial charge in [0.05, 0.1) is 11.3 Å². The molecule has 2 N–H and O–H groups in total. The first-order chi connectivity index (χ1) is 11.6. The molecular weight excluding hydrogens is 330 g/mol. The summed E-state index contributed by atoms with van der Waals surface area (Å²) in [6.07, 6.45) is 3.17. The smallest absolute Gasteiger partial charge is 0.252 e. The van der Waals surface area contributed by atoms with E-state index in [4.69, 9.17) is 0 Å². The van der Waals surface area contributed by atoms with Crippen LogP contribution in [0.15, 0.2) is 30.6 Å². The van der Waals surface area contributed by atoms with E-state index in [0.29, 0.717) is 30.0 Å². The Morgan fingerprint density at radius 1 is 1.25 bits per heavy atom. The second-order valence-corrected chi connectivity index (χ2v) is 7.65. The zero-order valence-electron chi connectivity index (χ0n) is 13.1. The minimum absolute atomic E-state index is 0.0718. The van der Waals surface area contributed by atoms with Crippen LogP contribution in [0.1, 0.15) is 23.2 Å².